The molecule has 1 amide bonds. The van der Waals surface area contributed by atoms with Crippen LogP contribution in [0, 0.1) is 0 Å². The van der Waals surface area contributed by atoms with Crippen molar-refractivity contribution in [2.45, 2.75) is 24.7 Å². The maximum absolute atomic E-state index is 11.1. The van der Waals surface area contributed by atoms with Crippen molar-refractivity contribution in [2.75, 3.05) is 20.2 Å². The molecule has 1 heterocycles. The fourth-order valence-electron chi connectivity index (χ4n) is 2.85. The van der Waals surface area contributed by atoms with Gasteiger partial charge >= 0.3 is 6.09 Å². The number of methoxy groups -OCH3 is 1. The van der Waals surface area contributed by atoms with Crippen molar-refractivity contribution < 1.29 is 19.4 Å². The lowest BCUT2D eigenvalue weighted by atomic mass is 9.71. The van der Waals surface area contributed by atoms with E-state index >= 15 is 0 Å². The van der Waals surface area contributed by atoms with Gasteiger partial charge in [-0.25, -0.2) is 4.79 Å². The van der Waals surface area contributed by atoms with Gasteiger partial charge in [0.25, 0.3) is 0 Å². The molecule has 1 aliphatic rings. The Kier molecular flexibility index (Phi) is 4.27. The molecule has 1 aliphatic heterocycles. The van der Waals surface area contributed by atoms with E-state index in [2.05, 4.69) is 0 Å². The highest BCUT2D eigenvalue weighted by Crippen LogP contribution is 2.39. The number of carbonyl (C=O) groups is 2. The van der Waals surface area contributed by atoms with Crippen molar-refractivity contribution in [2.24, 2.45) is 0 Å². The molecule has 5 nitrogen and oxygen atoms in total. The summed E-state index contributed by atoms with van der Waals surface area (Å²) in [7, 11) is 1.61. The minimum absolute atomic E-state index is 0.276. The molecule has 0 aliphatic carbocycles. The van der Waals surface area contributed by atoms with Crippen molar-refractivity contribution in [1.82, 2.24) is 4.90 Å². The fraction of sp³-hybridized carbons (Fsp3) is 0.467. The van der Waals surface area contributed by atoms with Crippen LogP contribution in [0.15, 0.2) is 24.3 Å². The van der Waals surface area contributed by atoms with Crippen molar-refractivity contribution >= 4 is 12.4 Å². The van der Waals surface area contributed by atoms with Gasteiger partial charge in [0.1, 0.15) is 12.0 Å². The maximum Gasteiger partial charge on any atom is 0.407 e. The molecule has 5 heteroatoms. The van der Waals surface area contributed by atoms with Crippen LogP contribution in [-0.2, 0) is 10.2 Å². The molecule has 1 aromatic rings. The summed E-state index contributed by atoms with van der Waals surface area (Å²) < 4.78 is 5.24. The SMILES string of the molecule is COc1cccc(C2(CC=O)CCN(C(=O)O)CC2)c1. The number of ether oxygens (including phenoxy) is 1. The van der Waals surface area contributed by atoms with Crippen LogP contribution in [0.25, 0.3) is 0 Å². The van der Waals surface area contributed by atoms with Crippen LogP contribution < -0.4 is 4.74 Å². The molecule has 0 bridgehead atoms. The minimum atomic E-state index is -0.893. The Labute approximate surface area is 118 Å². The van der Waals surface area contributed by atoms with Gasteiger partial charge in [-0.3, -0.25) is 0 Å². The van der Waals surface area contributed by atoms with Crippen molar-refractivity contribution in [3.63, 3.8) is 0 Å². The zero-order valence-corrected chi connectivity index (χ0v) is 11.5. The zero-order valence-electron chi connectivity index (χ0n) is 11.5. The fourth-order valence-corrected chi connectivity index (χ4v) is 2.85. The monoisotopic (exact) mass is 277 g/mol. The zero-order chi connectivity index (χ0) is 14.6. The van der Waals surface area contributed by atoms with Crippen LogP contribution in [-0.4, -0.2) is 42.6 Å². The van der Waals surface area contributed by atoms with Crippen LogP contribution >= 0.6 is 0 Å². The van der Waals surface area contributed by atoms with Gasteiger partial charge in [0.2, 0.25) is 0 Å². The summed E-state index contributed by atoms with van der Waals surface area (Å²) in [5.41, 5.74) is 0.774. The summed E-state index contributed by atoms with van der Waals surface area (Å²) in [6.07, 6.45) is 1.76. The number of piperidine rings is 1. The number of rotatable bonds is 4. The summed E-state index contributed by atoms with van der Waals surface area (Å²) in [4.78, 5) is 23.5. The first-order valence-electron chi connectivity index (χ1n) is 6.67. The number of aldehydes is 1. The van der Waals surface area contributed by atoms with Crippen LogP contribution in [0.2, 0.25) is 0 Å². The number of nitrogens with zero attached hydrogens (tertiary/aromatic N) is 1. The first kappa shape index (κ1) is 14.4. The number of hydrogen-bond acceptors (Lipinski definition) is 3. The third-order valence-corrected chi connectivity index (χ3v) is 4.15. The van der Waals surface area contributed by atoms with E-state index in [1.54, 1.807) is 7.11 Å². The van der Waals surface area contributed by atoms with Crippen LogP contribution in [0.3, 0.4) is 0 Å². The first-order valence-corrected chi connectivity index (χ1v) is 6.67. The topological polar surface area (TPSA) is 66.8 Å². The van der Waals surface area contributed by atoms with Crippen molar-refractivity contribution in [3.8, 4) is 5.75 Å². The Balaban J connectivity index is 2.26. The third kappa shape index (κ3) is 2.76. The smallest absolute Gasteiger partial charge is 0.407 e. The van der Waals surface area contributed by atoms with E-state index in [1.807, 2.05) is 24.3 Å². The maximum atomic E-state index is 11.1. The first-order chi connectivity index (χ1) is 9.61. The summed E-state index contributed by atoms with van der Waals surface area (Å²) >= 11 is 0. The summed E-state index contributed by atoms with van der Waals surface area (Å²) in [6.45, 7) is 0.917. The molecule has 0 spiro atoms. The largest absolute Gasteiger partial charge is 0.497 e. The number of carbonyl (C=O) groups excluding carboxylic acids is 1. The number of carboxylic acid groups (broad SMARTS) is 1. The standard InChI is InChI=1S/C15H19NO4/c1-20-13-4-2-3-12(11-13)15(7-10-17)5-8-16(9-6-15)14(18)19/h2-4,10-11H,5-9H2,1H3,(H,18,19). The van der Waals surface area contributed by atoms with E-state index in [0.29, 0.717) is 32.4 Å². The molecule has 1 aromatic carbocycles. The van der Waals surface area contributed by atoms with Gasteiger partial charge in [-0.15, -0.1) is 0 Å². The molecular formula is C15H19NO4. The van der Waals surface area contributed by atoms with Crippen LogP contribution in [0.1, 0.15) is 24.8 Å². The molecule has 0 unspecified atom stereocenters. The predicted octanol–water partition coefficient (Wildman–Crippen LogP) is 2.30. The van der Waals surface area contributed by atoms with Gasteiger partial charge in [-0.2, -0.15) is 0 Å². The van der Waals surface area contributed by atoms with Crippen molar-refractivity contribution in [3.05, 3.63) is 29.8 Å². The molecule has 2 rings (SSSR count). The number of amides is 1. The molecule has 20 heavy (non-hydrogen) atoms. The molecule has 0 aromatic heterocycles. The summed E-state index contributed by atoms with van der Waals surface area (Å²) in [5.74, 6) is 0.758. The van der Waals surface area contributed by atoms with E-state index < -0.39 is 6.09 Å². The lowest BCUT2D eigenvalue weighted by Gasteiger charge is -2.40. The average molecular weight is 277 g/mol. The average Bonchev–Trinajstić information content (AvgIpc) is 2.48. The van der Waals surface area contributed by atoms with Gasteiger partial charge in [0.15, 0.2) is 0 Å². The Bertz CT molecular complexity index is 492. The minimum Gasteiger partial charge on any atom is -0.497 e. The van der Waals surface area contributed by atoms with Gasteiger partial charge < -0.3 is 19.5 Å². The summed E-state index contributed by atoms with van der Waals surface area (Å²) in [6, 6.07) is 7.71. The highest BCUT2D eigenvalue weighted by Gasteiger charge is 2.37. The Hall–Kier alpha value is -2.04. The van der Waals surface area contributed by atoms with E-state index in [0.717, 1.165) is 17.6 Å². The molecule has 108 valence electrons. The van der Waals surface area contributed by atoms with Gasteiger partial charge in [0.05, 0.1) is 7.11 Å². The lowest BCUT2D eigenvalue weighted by molar-refractivity contribution is -0.109. The summed E-state index contributed by atoms with van der Waals surface area (Å²) in [5, 5.41) is 9.03. The van der Waals surface area contributed by atoms with E-state index in [1.165, 1.54) is 4.90 Å². The molecule has 1 N–H and O–H groups in total. The van der Waals surface area contributed by atoms with Gasteiger partial charge in [-0.05, 0) is 30.5 Å². The molecule has 1 saturated heterocycles. The molecule has 0 atom stereocenters. The molecule has 1 fully saturated rings. The highest BCUT2D eigenvalue weighted by molar-refractivity contribution is 5.65. The quantitative estimate of drug-likeness (QED) is 0.857. The Morgan fingerprint density at radius 1 is 1.45 bits per heavy atom. The number of hydrogen-bond donors (Lipinski definition) is 1. The normalized spacial score (nSPS) is 17.6. The number of benzene rings is 1. The van der Waals surface area contributed by atoms with E-state index in [9.17, 15) is 9.59 Å². The van der Waals surface area contributed by atoms with E-state index in [-0.39, 0.29) is 5.41 Å². The molecular weight excluding hydrogens is 258 g/mol. The Morgan fingerprint density at radius 2 is 2.15 bits per heavy atom. The predicted molar refractivity (Wildman–Crippen MR) is 74.2 cm³/mol. The second kappa shape index (κ2) is 5.94. The Morgan fingerprint density at radius 3 is 2.70 bits per heavy atom. The third-order valence-electron chi connectivity index (χ3n) is 4.15. The van der Waals surface area contributed by atoms with Crippen LogP contribution in [0.4, 0.5) is 4.79 Å². The van der Waals surface area contributed by atoms with Gasteiger partial charge in [0, 0.05) is 24.9 Å². The second-order valence-electron chi connectivity index (χ2n) is 5.15. The molecule has 0 radical (unpaired) electrons. The highest BCUT2D eigenvalue weighted by atomic mass is 16.5. The molecule has 0 saturated carbocycles. The lowest BCUT2D eigenvalue weighted by Crippen LogP contribution is -2.44. The second-order valence-corrected chi connectivity index (χ2v) is 5.15. The van der Waals surface area contributed by atoms with Gasteiger partial charge in [-0.1, -0.05) is 12.1 Å². The van der Waals surface area contributed by atoms with Crippen LogP contribution in [0.5, 0.6) is 5.75 Å². The number of likely N-dealkylation sites (tertiary alicyclic amines) is 1. The van der Waals surface area contributed by atoms with E-state index in [4.69, 9.17) is 9.84 Å². The van der Waals surface area contributed by atoms with Crippen molar-refractivity contribution in [1.29, 1.82) is 0 Å².